The number of carbonyl (C=O) groups is 1. The van der Waals surface area contributed by atoms with Gasteiger partial charge in [-0.15, -0.1) is 0 Å². The number of ether oxygens (including phenoxy) is 1. The average molecular weight is 260 g/mol. The Bertz CT molecular complexity index is 471. The lowest BCUT2D eigenvalue weighted by Gasteiger charge is -2.35. The molecule has 0 unspecified atom stereocenters. The van der Waals surface area contributed by atoms with Crippen molar-refractivity contribution in [3.63, 3.8) is 0 Å². The molecule has 0 amide bonds. The van der Waals surface area contributed by atoms with Crippen LogP contribution < -0.4 is 5.32 Å². The van der Waals surface area contributed by atoms with Crippen LogP contribution >= 0.6 is 0 Å². The zero-order valence-electron chi connectivity index (χ0n) is 9.54. The number of nitrogens with one attached hydrogen (secondary N) is 1. The number of carbonyl (C=O) groups excluding carboxylic acids is 1. The summed E-state index contributed by atoms with van der Waals surface area (Å²) in [6.45, 7) is 0. The molecule has 0 aliphatic heterocycles. The molecule has 1 heterocycles. The molecule has 0 spiro atoms. The molecule has 18 heavy (non-hydrogen) atoms. The van der Waals surface area contributed by atoms with Crippen LogP contribution in [0.15, 0.2) is 12.3 Å². The Morgan fingerprint density at radius 2 is 2.22 bits per heavy atom. The minimum absolute atomic E-state index is 0.0590. The third kappa shape index (κ3) is 2.55. The monoisotopic (exact) mass is 260 g/mol. The van der Waals surface area contributed by atoms with Crippen LogP contribution in [-0.4, -0.2) is 30.0 Å². The zero-order valence-corrected chi connectivity index (χ0v) is 9.54. The molecule has 1 fully saturated rings. The normalized spacial score (nSPS) is 18.0. The minimum Gasteiger partial charge on any atom is -0.465 e. The molecular formula is C11H11F3N2O2. The molecule has 2 rings (SSSR count). The largest absolute Gasteiger partial charge is 0.465 e. The first-order valence-electron chi connectivity index (χ1n) is 5.29. The summed E-state index contributed by atoms with van der Waals surface area (Å²) in [7, 11) is 1.15. The van der Waals surface area contributed by atoms with E-state index in [0.717, 1.165) is 19.4 Å². The van der Waals surface area contributed by atoms with E-state index in [1.165, 1.54) is 0 Å². The van der Waals surface area contributed by atoms with Crippen molar-refractivity contribution in [2.45, 2.75) is 24.8 Å². The molecule has 0 atom stereocenters. The summed E-state index contributed by atoms with van der Waals surface area (Å²) in [5.74, 6) is -4.08. The third-order valence-electron chi connectivity index (χ3n) is 2.69. The molecule has 4 nitrogen and oxygen atoms in total. The first-order valence-corrected chi connectivity index (χ1v) is 5.29. The Labute approximate surface area is 101 Å². The lowest BCUT2D eigenvalue weighted by Crippen LogP contribution is -2.44. The zero-order chi connectivity index (χ0) is 13.3. The Balaban J connectivity index is 2.15. The highest BCUT2D eigenvalue weighted by molar-refractivity contribution is 5.94. The van der Waals surface area contributed by atoms with Crippen molar-refractivity contribution in [1.29, 1.82) is 0 Å². The molecule has 1 aromatic heterocycles. The third-order valence-corrected chi connectivity index (χ3v) is 2.69. The smallest absolute Gasteiger partial charge is 0.341 e. The topological polar surface area (TPSA) is 51.2 Å². The number of esters is 1. The quantitative estimate of drug-likeness (QED) is 0.847. The molecule has 0 aromatic carbocycles. The molecule has 98 valence electrons. The highest BCUT2D eigenvalue weighted by Crippen LogP contribution is 2.39. The number of methoxy groups -OCH3 is 1. The molecule has 1 N–H and O–H groups in total. The summed E-state index contributed by atoms with van der Waals surface area (Å²) >= 11 is 0. The van der Waals surface area contributed by atoms with Crippen LogP contribution in [-0.2, 0) is 4.74 Å². The van der Waals surface area contributed by atoms with Crippen molar-refractivity contribution in [1.82, 2.24) is 4.98 Å². The average Bonchev–Trinajstić information content (AvgIpc) is 2.28. The number of pyridine rings is 1. The molecule has 0 radical (unpaired) electrons. The van der Waals surface area contributed by atoms with E-state index in [-0.39, 0.29) is 24.2 Å². The predicted octanol–water partition coefficient (Wildman–Crippen LogP) is 2.22. The maximum atomic E-state index is 13.0. The SMILES string of the molecule is COC(=O)c1cc(F)cnc1NC1CC(F)(F)C1. The van der Waals surface area contributed by atoms with E-state index in [9.17, 15) is 18.0 Å². The van der Waals surface area contributed by atoms with E-state index in [0.29, 0.717) is 0 Å². The summed E-state index contributed by atoms with van der Waals surface area (Å²) in [5.41, 5.74) is -0.104. The lowest BCUT2D eigenvalue weighted by molar-refractivity contribution is -0.0794. The van der Waals surface area contributed by atoms with Crippen molar-refractivity contribution >= 4 is 11.8 Å². The molecule has 1 saturated carbocycles. The second-order valence-electron chi connectivity index (χ2n) is 4.15. The fourth-order valence-electron chi connectivity index (χ4n) is 1.78. The van der Waals surface area contributed by atoms with Gasteiger partial charge in [0.1, 0.15) is 17.2 Å². The standard InChI is InChI=1S/C11H11F3N2O2/c1-18-10(17)8-2-6(12)5-15-9(8)16-7-3-11(13,14)4-7/h2,5,7H,3-4H2,1H3,(H,15,16). The van der Waals surface area contributed by atoms with Gasteiger partial charge in [-0.1, -0.05) is 0 Å². The van der Waals surface area contributed by atoms with Crippen LogP contribution in [0.2, 0.25) is 0 Å². The van der Waals surface area contributed by atoms with E-state index < -0.39 is 23.8 Å². The van der Waals surface area contributed by atoms with Crippen molar-refractivity contribution in [2.24, 2.45) is 0 Å². The summed E-state index contributed by atoms with van der Waals surface area (Å²) in [6.07, 6.45) is 0.255. The van der Waals surface area contributed by atoms with Gasteiger partial charge in [0.05, 0.1) is 13.3 Å². The Morgan fingerprint density at radius 3 is 2.78 bits per heavy atom. The van der Waals surface area contributed by atoms with Crippen molar-refractivity contribution in [3.05, 3.63) is 23.6 Å². The van der Waals surface area contributed by atoms with Crippen molar-refractivity contribution in [2.75, 3.05) is 12.4 Å². The van der Waals surface area contributed by atoms with Gasteiger partial charge in [0.2, 0.25) is 0 Å². The predicted molar refractivity (Wildman–Crippen MR) is 57.1 cm³/mol. The fourth-order valence-corrected chi connectivity index (χ4v) is 1.78. The van der Waals surface area contributed by atoms with Gasteiger partial charge in [-0.05, 0) is 6.07 Å². The second kappa shape index (κ2) is 4.47. The number of halogens is 3. The van der Waals surface area contributed by atoms with Gasteiger partial charge in [0, 0.05) is 18.9 Å². The Kier molecular flexibility index (Phi) is 3.14. The number of aromatic nitrogens is 1. The van der Waals surface area contributed by atoms with E-state index in [4.69, 9.17) is 0 Å². The first kappa shape index (κ1) is 12.7. The Hall–Kier alpha value is -1.79. The maximum absolute atomic E-state index is 13.0. The van der Waals surface area contributed by atoms with Gasteiger partial charge in [0.15, 0.2) is 0 Å². The number of rotatable bonds is 3. The number of alkyl halides is 2. The number of nitrogens with zero attached hydrogens (tertiary/aromatic N) is 1. The van der Waals surface area contributed by atoms with Crippen LogP contribution in [0.25, 0.3) is 0 Å². The summed E-state index contributed by atoms with van der Waals surface area (Å²) in [6, 6.07) is 0.485. The van der Waals surface area contributed by atoms with Gasteiger partial charge in [-0.25, -0.2) is 22.9 Å². The minimum atomic E-state index is -2.68. The van der Waals surface area contributed by atoms with Crippen LogP contribution in [0.4, 0.5) is 19.0 Å². The van der Waals surface area contributed by atoms with Crippen LogP contribution in [0.3, 0.4) is 0 Å². The molecule has 7 heteroatoms. The van der Waals surface area contributed by atoms with Crippen LogP contribution in [0.1, 0.15) is 23.2 Å². The summed E-state index contributed by atoms with van der Waals surface area (Å²) in [4.78, 5) is 15.1. The van der Waals surface area contributed by atoms with Gasteiger partial charge >= 0.3 is 5.97 Å². The van der Waals surface area contributed by atoms with Gasteiger partial charge in [-0.3, -0.25) is 0 Å². The highest BCUT2D eigenvalue weighted by atomic mass is 19.3. The number of hydrogen-bond acceptors (Lipinski definition) is 4. The first-order chi connectivity index (χ1) is 8.41. The molecule has 0 saturated heterocycles. The summed E-state index contributed by atoms with van der Waals surface area (Å²) in [5, 5.41) is 2.69. The summed E-state index contributed by atoms with van der Waals surface area (Å²) < 4.78 is 42.8. The lowest BCUT2D eigenvalue weighted by atomic mass is 9.88. The van der Waals surface area contributed by atoms with Crippen molar-refractivity contribution < 1.29 is 22.7 Å². The molecule has 1 aliphatic carbocycles. The maximum Gasteiger partial charge on any atom is 0.341 e. The number of hydrogen-bond donors (Lipinski definition) is 1. The Morgan fingerprint density at radius 1 is 1.56 bits per heavy atom. The highest BCUT2D eigenvalue weighted by Gasteiger charge is 2.45. The second-order valence-corrected chi connectivity index (χ2v) is 4.15. The van der Waals surface area contributed by atoms with E-state index in [2.05, 4.69) is 15.0 Å². The molecule has 1 aromatic rings. The van der Waals surface area contributed by atoms with E-state index in [1.54, 1.807) is 0 Å². The molecule has 0 bridgehead atoms. The van der Waals surface area contributed by atoms with E-state index in [1.807, 2.05) is 0 Å². The number of anilines is 1. The van der Waals surface area contributed by atoms with Gasteiger partial charge < -0.3 is 10.1 Å². The molecular weight excluding hydrogens is 249 g/mol. The molecule has 1 aliphatic rings. The van der Waals surface area contributed by atoms with Crippen LogP contribution in [0.5, 0.6) is 0 Å². The van der Waals surface area contributed by atoms with Gasteiger partial charge in [-0.2, -0.15) is 0 Å². The van der Waals surface area contributed by atoms with Gasteiger partial charge in [0.25, 0.3) is 5.92 Å². The van der Waals surface area contributed by atoms with E-state index >= 15 is 0 Å². The van der Waals surface area contributed by atoms with Crippen LogP contribution in [0, 0.1) is 5.82 Å². The fraction of sp³-hybridized carbons (Fsp3) is 0.455. The van der Waals surface area contributed by atoms with Crippen molar-refractivity contribution in [3.8, 4) is 0 Å².